The van der Waals surface area contributed by atoms with E-state index in [1.165, 1.54) is 11.1 Å². The van der Waals surface area contributed by atoms with Gasteiger partial charge in [0.1, 0.15) is 5.84 Å². The summed E-state index contributed by atoms with van der Waals surface area (Å²) >= 11 is 0. The van der Waals surface area contributed by atoms with E-state index in [4.69, 9.17) is 15.7 Å². The number of carbonyl (C=O) groups is 1. The van der Waals surface area contributed by atoms with Crippen LogP contribution in [0.5, 0.6) is 0 Å². The Labute approximate surface area is 178 Å². The lowest BCUT2D eigenvalue weighted by molar-refractivity contribution is -0.130. The molecule has 2 aliphatic rings. The first-order valence-corrected chi connectivity index (χ1v) is 10.8. The van der Waals surface area contributed by atoms with Crippen molar-refractivity contribution in [2.24, 2.45) is 21.6 Å². The summed E-state index contributed by atoms with van der Waals surface area (Å²) in [5, 5.41) is 0. The number of amides is 1. The Morgan fingerprint density at radius 2 is 1.77 bits per heavy atom. The van der Waals surface area contributed by atoms with Crippen molar-refractivity contribution in [3.05, 3.63) is 59.7 Å². The highest BCUT2D eigenvalue weighted by molar-refractivity contribution is 6.41. The van der Waals surface area contributed by atoms with E-state index in [0.29, 0.717) is 5.84 Å². The molecular weight excluding hydrogens is 372 g/mol. The maximum absolute atomic E-state index is 11.8. The van der Waals surface area contributed by atoms with Crippen LogP contribution in [0.15, 0.2) is 58.5 Å². The van der Waals surface area contributed by atoms with Crippen molar-refractivity contribution < 1.29 is 4.79 Å². The molecule has 5 nitrogen and oxygen atoms in total. The van der Waals surface area contributed by atoms with E-state index in [1.807, 2.05) is 11.8 Å². The highest BCUT2D eigenvalue weighted by Gasteiger charge is 2.45. The number of hydrogen-bond donors (Lipinski definition) is 1. The van der Waals surface area contributed by atoms with Crippen molar-refractivity contribution in [3.63, 3.8) is 0 Å². The highest BCUT2D eigenvalue weighted by Crippen LogP contribution is 2.44. The molecule has 1 unspecified atom stereocenters. The number of hydrogen-bond acceptors (Lipinski definition) is 4. The van der Waals surface area contributed by atoms with Crippen molar-refractivity contribution in [3.8, 4) is 11.1 Å². The zero-order valence-corrected chi connectivity index (χ0v) is 18.1. The lowest BCUT2D eigenvalue weighted by atomic mass is 9.79. The third kappa shape index (κ3) is 3.64. The van der Waals surface area contributed by atoms with Gasteiger partial charge in [-0.25, -0.2) is 4.99 Å². The molecule has 1 saturated heterocycles. The fourth-order valence-corrected chi connectivity index (χ4v) is 4.65. The van der Waals surface area contributed by atoms with Crippen LogP contribution in [0.3, 0.4) is 0 Å². The number of amidine groups is 1. The summed E-state index contributed by atoms with van der Waals surface area (Å²) in [6.07, 6.45) is 2.74. The van der Waals surface area contributed by atoms with E-state index in [0.717, 1.165) is 49.2 Å². The maximum Gasteiger partial charge on any atom is 0.219 e. The van der Waals surface area contributed by atoms with Crippen molar-refractivity contribution in [1.82, 2.24) is 4.90 Å². The molecule has 0 aliphatic carbocycles. The van der Waals surface area contributed by atoms with Gasteiger partial charge in [0, 0.05) is 31.5 Å². The Hall–Kier alpha value is -2.95. The fourth-order valence-electron chi connectivity index (χ4n) is 4.65. The summed E-state index contributed by atoms with van der Waals surface area (Å²) in [5.74, 6) is 0.859. The molecule has 1 fully saturated rings. The molecule has 0 bridgehead atoms. The Kier molecular flexibility index (Phi) is 5.46. The molecule has 0 saturated carbocycles. The third-order valence-electron chi connectivity index (χ3n) is 6.47. The van der Waals surface area contributed by atoms with Crippen LogP contribution in [0.1, 0.15) is 44.7 Å². The lowest BCUT2D eigenvalue weighted by Crippen LogP contribution is -2.43. The van der Waals surface area contributed by atoms with Crippen LogP contribution in [0.25, 0.3) is 11.1 Å². The summed E-state index contributed by atoms with van der Waals surface area (Å²) in [6, 6.07) is 17.2. The van der Waals surface area contributed by atoms with Crippen molar-refractivity contribution >= 4 is 17.5 Å². The van der Waals surface area contributed by atoms with Gasteiger partial charge in [-0.05, 0) is 48.9 Å². The number of aryl methyl sites for hydroxylation is 1. The van der Waals surface area contributed by atoms with Gasteiger partial charge in [0.05, 0.1) is 5.71 Å². The van der Waals surface area contributed by atoms with E-state index in [-0.39, 0.29) is 11.8 Å². The lowest BCUT2D eigenvalue weighted by Gasteiger charge is -2.39. The normalized spacial score (nSPS) is 22.0. The van der Waals surface area contributed by atoms with Crippen LogP contribution >= 0.6 is 0 Å². The van der Waals surface area contributed by atoms with Crippen LogP contribution in [-0.4, -0.2) is 35.4 Å². The van der Waals surface area contributed by atoms with Gasteiger partial charge >= 0.3 is 0 Å². The van der Waals surface area contributed by atoms with E-state index < -0.39 is 5.66 Å². The number of carbonyl (C=O) groups excluding carboxylic acids is 1. The smallest absolute Gasteiger partial charge is 0.219 e. The summed E-state index contributed by atoms with van der Waals surface area (Å²) < 4.78 is 0. The van der Waals surface area contributed by atoms with E-state index in [9.17, 15) is 4.79 Å². The minimum atomic E-state index is -0.699. The number of aliphatic imine (C=N–C) groups is 2. The first kappa shape index (κ1) is 20.3. The number of nitrogens with two attached hydrogens (primary N) is 1. The molecule has 0 spiro atoms. The second-order valence-electron chi connectivity index (χ2n) is 8.34. The van der Waals surface area contributed by atoms with Gasteiger partial charge in [0.2, 0.25) is 5.91 Å². The minimum absolute atomic E-state index is 0.134. The first-order valence-electron chi connectivity index (χ1n) is 10.8. The van der Waals surface area contributed by atoms with E-state index in [2.05, 4.69) is 55.5 Å². The van der Waals surface area contributed by atoms with Crippen LogP contribution in [-0.2, 0) is 16.9 Å². The molecule has 2 aromatic carbocycles. The fraction of sp³-hybridized carbons (Fsp3) is 0.400. The Bertz CT molecular complexity index is 997. The monoisotopic (exact) mass is 402 g/mol. The molecule has 0 radical (unpaired) electrons. The average Bonchev–Trinajstić information content (AvgIpc) is 3.09. The molecule has 2 heterocycles. The topological polar surface area (TPSA) is 71.0 Å². The molecule has 30 heavy (non-hydrogen) atoms. The quantitative estimate of drug-likeness (QED) is 0.834. The predicted octanol–water partition coefficient (Wildman–Crippen LogP) is 4.16. The maximum atomic E-state index is 11.8. The largest absolute Gasteiger partial charge is 0.382 e. The molecular formula is C25H30N4O. The van der Waals surface area contributed by atoms with Crippen LogP contribution in [0, 0.1) is 5.92 Å². The number of nitrogens with zero attached hydrogens (tertiary/aromatic N) is 3. The van der Waals surface area contributed by atoms with Crippen molar-refractivity contribution in [2.45, 2.75) is 45.7 Å². The van der Waals surface area contributed by atoms with Gasteiger partial charge in [0.15, 0.2) is 5.66 Å². The van der Waals surface area contributed by atoms with Gasteiger partial charge in [-0.1, -0.05) is 49.4 Å². The molecule has 1 amide bonds. The SMILES string of the molecule is CCc1cccc(-c2cccc(C3(C4CCN(C(C)=O)CC4)N=C(C)C(N)=N3)c2)c1. The highest BCUT2D eigenvalue weighted by atomic mass is 16.2. The second-order valence-corrected chi connectivity index (χ2v) is 8.34. The summed E-state index contributed by atoms with van der Waals surface area (Å²) in [5.41, 5.74) is 11.1. The van der Waals surface area contributed by atoms with Gasteiger partial charge in [-0.2, -0.15) is 0 Å². The van der Waals surface area contributed by atoms with Gasteiger partial charge < -0.3 is 10.6 Å². The predicted molar refractivity (Wildman–Crippen MR) is 123 cm³/mol. The number of rotatable bonds is 4. The number of piperidine rings is 1. The third-order valence-corrected chi connectivity index (χ3v) is 6.47. The Balaban J connectivity index is 1.74. The molecule has 4 rings (SSSR count). The van der Waals surface area contributed by atoms with E-state index >= 15 is 0 Å². The molecule has 156 valence electrons. The molecule has 0 aromatic heterocycles. The second kappa shape index (κ2) is 8.05. The zero-order chi connectivity index (χ0) is 21.3. The summed E-state index contributed by atoms with van der Waals surface area (Å²) in [7, 11) is 0. The van der Waals surface area contributed by atoms with Crippen LogP contribution in [0.2, 0.25) is 0 Å². The minimum Gasteiger partial charge on any atom is -0.382 e. The van der Waals surface area contributed by atoms with Crippen LogP contribution in [0.4, 0.5) is 0 Å². The zero-order valence-electron chi connectivity index (χ0n) is 18.1. The number of likely N-dealkylation sites (tertiary alicyclic amines) is 1. The van der Waals surface area contributed by atoms with Crippen molar-refractivity contribution in [1.29, 1.82) is 0 Å². The molecule has 2 aliphatic heterocycles. The Morgan fingerprint density at radius 3 is 2.37 bits per heavy atom. The molecule has 5 heteroatoms. The standard InChI is InChI=1S/C25H30N4O/c1-4-19-7-5-8-20(15-19)21-9-6-10-23(16-21)25(27-17(2)24(26)28-25)22-11-13-29(14-12-22)18(3)30/h5-10,15-16,22H,4,11-14H2,1-3H3,(H2,26,28). The number of benzene rings is 2. The summed E-state index contributed by atoms with van der Waals surface area (Å²) in [6.45, 7) is 7.22. The molecule has 2 aromatic rings. The Morgan fingerprint density at radius 1 is 1.10 bits per heavy atom. The van der Waals surface area contributed by atoms with Gasteiger partial charge in [0.25, 0.3) is 0 Å². The average molecular weight is 403 g/mol. The van der Waals surface area contributed by atoms with Gasteiger partial charge in [-0.15, -0.1) is 0 Å². The summed E-state index contributed by atoms with van der Waals surface area (Å²) in [4.78, 5) is 23.6. The van der Waals surface area contributed by atoms with Gasteiger partial charge in [-0.3, -0.25) is 9.79 Å². The molecule has 1 atom stereocenters. The first-order chi connectivity index (χ1) is 14.4. The molecule has 2 N–H and O–H groups in total. The van der Waals surface area contributed by atoms with Crippen molar-refractivity contribution in [2.75, 3.05) is 13.1 Å². The van der Waals surface area contributed by atoms with Crippen LogP contribution < -0.4 is 5.73 Å². The van der Waals surface area contributed by atoms with E-state index in [1.54, 1.807) is 6.92 Å².